The van der Waals surface area contributed by atoms with E-state index < -0.39 is 5.24 Å². The predicted octanol–water partition coefficient (Wildman–Crippen LogP) is 3.53. The van der Waals surface area contributed by atoms with Crippen molar-refractivity contribution in [2.24, 2.45) is 0 Å². The van der Waals surface area contributed by atoms with Gasteiger partial charge < -0.3 is 0 Å². The second-order valence-electron chi connectivity index (χ2n) is 3.34. The Hall–Kier alpha value is -1.34. The van der Waals surface area contributed by atoms with E-state index in [1.165, 1.54) is 5.56 Å². The first-order valence-electron chi connectivity index (χ1n) is 4.37. The van der Waals surface area contributed by atoms with Crippen molar-refractivity contribution < 1.29 is 4.79 Å². The summed E-state index contributed by atoms with van der Waals surface area (Å²) in [6, 6.07) is 11.6. The van der Waals surface area contributed by atoms with Crippen molar-refractivity contribution in [2.45, 2.75) is 6.92 Å². The maximum Gasteiger partial charge on any atom is 0.252 e. The van der Waals surface area contributed by atoms with Gasteiger partial charge in [-0.1, -0.05) is 29.8 Å². The Morgan fingerprint density at radius 1 is 1.07 bits per heavy atom. The van der Waals surface area contributed by atoms with Crippen LogP contribution in [0.1, 0.15) is 15.9 Å². The fourth-order valence-electron chi connectivity index (χ4n) is 1.49. The molecule has 2 heteroatoms. The minimum atomic E-state index is -0.410. The molecular formula is C12H9ClO. The second-order valence-corrected chi connectivity index (χ2v) is 3.68. The van der Waals surface area contributed by atoms with Crippen LogP contribution in [0.5, 0.6) is 0 Å². The van der Waals surface area contributed by atoms with Gasteiger partial charge in [0.25, 0.3) is 5.24 Å². The van der Waals surface area contributed by atoms with E-state index in [0.717, 1.165) is 10.8 Å². The largest absolute Gasteiger partial charge is 0.276 e. The van der Waals surface area contributed by atoms with Crippen molar-refractivity contribution in [1.82, 2.24) is 0 Å². The highest BCUT2D eigenvalue weighted by molar-refractivity contribution is 6.67. The van der Waals surface area contributed by atoms with Gasteiger partial charge >= 0.3 is 0 Å². The Morgan fingerprint density at radius 2 is 1.71 bits per heavy atom. The topological polar surface area (TPSA) is 17.1 Å². The zero-order valence-electron chi connectivity index (χ0n) is 7.75. The molecule has 0 N–H and O–H groups in total. The Labute approximate surface area is 87.3 Å². The lowest BCUT2D eigenvalue weighted by Gasteiger charge is -2.00. The van der Waals surface area contributed by atoms with E-state index in [1.54, 1.807) is 6.07 Å². The SMILES string of the molecule is Cc1ccc2cc(C(=O)Cl)ccc2c1. The summed E-state index contributed by atoms with van der Waals surface area (Å²) in [7, 11) is 0. The van der Waals surface area contributed by atoms with E-state index in [2.05, 4.69) is 6.07 Å². The minimum absolute atomic E-state index is 0.410. The fraction of sp³-hybridized carbons (Fsp3) is 0.0833. The molecule has 1 nitrogen and oxygen atoms in total. The van der Waals surface area contributed by atoms with Crippen molar-refractivity contribution >= 4 is 27.6 Å². The van der Waals surface area contributed by atoms with E-state index in [-0.39, 0.29) is 0 Å². The van der Waals surface area contributed by atoms with Crippen molar-refractivity contribution in [3.8, 4) is 0 Å². The summed E-state index contributed by atoms with van der Waals surface area (Å²) < 4.78 is 0. The minimum Gasteiger partial charge on any atom is -0.276 e. The number of hydrogen-bond acceptors (Lipinski definition) is 1. The Kier molecular flexibility index (Phi) is 2.26. The van der Waals surface area contributed by atoms with Crippen LogP contribution in [0.25, 0.3) is 10.8 Å². The molecule has 0 aliphatic rings. The maximum absolute atomic E-state index is 10.9. The summed E-state index contributed by atoms with van der Waals surface area (Å²) in [5.74, 6) is 0. The monoisotopic (exact) mass is 204 g/mol. The standard InChI is InChI=1S/C12H9ClO/c1-8-2-3-10-7-11(12(13)14)5-4-9(10)6-8/h2-7H,1H3. The molecule has 2 rings (SSSR count). The van der Waals surface area contributed by atoms with Crippen LogP contribution in [0.15, 0.2) is 36.4 Å². The molecule has 0 aromatic heterocycles. The van der Waals surface area contributed by atoms with Crippen LogP contribution >= 0.6 is 11.6 Å². The summed E-state index contributed by atoms with van der Waals surface area (Å²) in [6.45, 7) is 2.04. The summed E-state index contributed by atoms with van der Waals surface area (Å²) in [6.07, 6.45) is 0. The third-order valence-electron chi connectivity index (χ3n) is 2.22. The van der Waals surface area contributed by atoms with E-state index in [1.807, 2.05) is 31.2 Å². The number of aryl methyl sites for hydroxylation is 1. The van der Waals surface area contributed by atoms with Gasteiger partial charge in [-0.2, -0.15) is 0 Å². The lowest BCUT2D eigenvalue weighted by atomic mass is 10.1. The zero-order valence-corrected chi connectivity index (χ0v) is 8.51. The van der Waals surface area contributed by atoms with Crippen molar-refractivity contribution in [2.75, 3.05) is 0 Å². The van der Waals surface area contributed by atoms with E-state index in [0.29, 0.717) is 5.56 Å². The Morgan fingerprint density at radius 3 is 2.43 bits per heavy atom. The van der Waals surface area contributed by atoms with Crippen LogP contribution in [0.3, 0.4) is 0 Å². The molecule has 0 bridgehead atoms. The first-order chi connectivity index (χ1) is 6.66. The first kappa shape index (κ1) is 9.22. The highest BCUT2D eigenvalue weighted by Crippen LogP contribution is 2.18. The molecule has 0 heterocycles. The number of carbonyl (C=O) groups excluding carboxylic acids is 1. The number of halogens is 1. The predicted molar refractivity (Wildman–Crippen MR) is 58.9 cm³/mol. The number of carbonyl (C=O) groups is 1. The second kappa shape index (κ2) is 3.43. The van der Waals surface area contributed by atoms with Gasteiger partial charge in [0.2, 0.25) is 0 Å². The molecule has 14 heavy (non-hydrogen) atoms. The molecular weight excluding hydrogens is 196 g/mol. The average Bonchev–Trinajstić information content (AvgIpc) is 2.16. The van der Waals surface area contributed by atoms with Gasteiger partial charge in [-0.25, -0.2) is 0 Å². The van der Waals surface area contributed by atoms with Gasteiger partial charge in [0, 0.05) is 5.56 Å². The highest BCUT2D eigenvalue weighted by Gasteiger charge is 2.02. The maximum atomic E-state index is 10.9. The molecule has 0 aliphatic carbocycles. The van der Waals surface area contributed by atoms with Crippen LogP contribution < -0.4 is 0 Å². The normalized spacial score (nSPS) is 10.4. The lowest BCUT2D eigenvalue weighted by molar-refractivity contribution is 0.108. The molecule has 2 aromatic rings. The molecule has 0 atom stereocenters. The van der Waals surface area contributed by atoms with Crippen LogP contribution in [0, 0.1) is 6.92 Å². The molecule has 0 spiro atoms. The van der Waals surface area contributed by atoms with Crippen LogP contribution in [-0.4, -0.2) is 5.24 Å². The molecule has 0 radical (unpaired) electrons. The smallest absolute Gasteiger partial charge is 0.252 e. The quantitative estimate of drug-likeness (QED) is 0.650. The molecule has 0 amide bonds. The number of benzene rings is 2. The third-order valence-corrected chi connectivity index (χ3v) is 2.44. The summed E-state index contributed by atoms with van der Waals surface area (Å²) in [5.41, 5.74) is 1.76. The first-order valence-corrected chi connectivity index (χ1v) is 4.75. The van der Waals surface area contributed by atoms with Gasteiger partial charge in [0.1, 0.15) is 0 Å². The van der Waals surface area contributed by atoms with E-state index in [4.69, 9.17) is 11.6 Å². The van der Waals surface area contributed by atoms with Crippen molar-refractivity contribution in [3.63, 3.8) is 0 Å². The average molecular weight is 205 g/mol. The van der Waals surface area contributed by atoms with Crippen molar-refractivity contribution in [3.05, 3.63) is 47.5 Å². The number of rotatable bonds is 1. The van der Waals surface area contributed by atoms with Crippen molar-refractivity contribution in [1.29, 1.82) is 0 Å². The van der Waals surface area contributed by atoms with E-state index in [9.17, 15) is 4.79 Å². The molecule has 0 unspecified atom stereocenters. The summed E-state index contributed by atoms with van der Waals surface area (Å²) in [5, 5.41) is 1.77. The van der Waals surface area contributed by atoms with Crippen LogP contribution in [0.2, 0.25) is 0 Å². The highest BCUT2D eigenvalue weighted by atomic mass is 35.5. The summed E-state index contributed by atoms with van der Waals surface area (Å²) in [4.78, 5) is 10.9. The van der Waals surface area contributed by atoms with Crippen LogP contribution in [-0.2, 0) is 0 Å². The molecule has 0 fully saturated rings. The Balaban J connectivity index is 2.67. The van der Waals surface area contributed by atoms with Gasteiger partial charge in [-0.05, 0) is 41.4 Å². The summed E-state index contributed by atoms with van der Waals surface area (Å²) >= 11 is 5.40. The third kappa shape index (κ3) is 1.64. The van der Waals surface area contributed by atoms with Crippen LogP contribution in [0.4, 0.5) is 0 Å². The molecule has 0 saturated carbocycles. The van der Waals surface area contributed by atoms with E-state index >= 15 is 0 Å². The van der Waals surface area contributed by atoms with Gasteiger partial charge in [-0.3, -0.25) is 4.79 Å². The number of hydrogen-bond donors (Lipinski definition) is 0. The van der Waals surface area contributed by atoms with Gasteiger partial charge in [0.15, 0.2) is 0 Å². The van der Waals surface area contributed by atoms with Gasteiger partial charge in [0.05, 0.1) is 0 Å². The molecule has 0 saturated heterocycles. The zero-order chi connectivity index (χ0) is 10.1. The lowest BCUT2D eigenvalue weighted by Crippen LogP contribution is -1.87. The molecule has 70 valence electrons. The van der Waals surface area contributed by atoms with Gasteiger partial charge in [-0.15, -0.1) is 0 Å². The Bertz CT molecular complexity index is 503. The molecule has 2 aromatic carbocycles. The number of fused-ring (bicyclic) bond motifs is 1. The fourth-order valence-corrected chi connectivity index (χ4v) is 1.60. The molecule has 0 aliphatic heterocycles.